The van der Waals surface area contributed by atoms with Crippen LogP contribution in [-0.4, -0.2) is 24.8 Å². The van der Waals surface area contributed by atoms with E-state index in [1.54, 1.807) is 12.1 Å². The van der Waals surface area contributed by atoms with E-state index in [9.17, 15) is 9.50 Å². The van der Waals surface area contributed by atoms with Crippen molar-refractivity contribution in [3.05, 3.63) is 30.1 Å². The lowest BCUT2D eigenvalue weighted by molar-refractivity contribution is 0.120. The Morgan fingerprint density at radius 1 is 1.11 bits per heavy atom. The number of rotatable bonds is 7. The summed E-state index contributed by atoms with van der Waals surface area (Å²) in [6, 6.07) is 6.56. The molecule has 0 aromatic heterocycles. The van der Waals surface area contributed by atoms with Crippen LogP contribution in [0.25, 0.3) is 0 Å². The van der Waals surface area contributed by atoms with Gasteiger partial charge in [-0.25, -0.2) is 4.39 Å². The SMILES string of the molecule is CCN(CC(CC)(CC)CO)c1ccc(F)cc1. The van der Waals surface area contributed by atoms with Gasteiger partial charge in [-0.1, -0.05) is 13.8 Å². The lowest BCUT2D eigenvalue weighted by atomic mass is 9.82. The van der Waals surface area contributed by atoms with Crippen molar-refractivity contribution in [2.45, 2.75) is 33.6 Å². The Balaban J connectivity index is 2.86. The first kappa shape index (κ1) is 15.0. The molecule has 0 spiro atoms. The third-order valence-corrected chi connectivity index (χ3v) is 3.94. The molecule has 0 unspecified atom stereocenters. The molecule has 0 saturated carbocycles. The molecule has 0 atom stereocenters. The first-order valence-electron chi connectivity index (χ1n) is 6.72. The number of nitrogens with zero attached hydrogens (tertiary/aromatic N) is 1. The topological polar surface area (TPSA) is 23.5 Å². The third-order valence-electron chi connectivity index (χ3n) is 3.94. The fourth-order valence-corrected chi connectivity index (χ4v) is 2.19. The van der Waals surface area contributed by atoms with Gasteiger partial charge >= 0.3 is 0 Å². The van der Waals surface area contributed by atoms with Crippen molar-refractivity contribution < 1.29 is 9.50 Å². The quantitative estimate of drug-likeness (QED) is 0.804. The van der Waals surface area contributed by atoms with Crippen LogP contribution >= 0.6 is 0 Å². The summed E-state index contributed by atoms with van der Waals surface area (Å²) in [5.74, 6) is -0.214. The second-order valence-corrected chi connectivity index (χ2v) is 4.86. The van der Waals surface area contributed by atoms with E-state index < -0.39 is 0 Å². The Morgan fingerprint density at radius 2 is 1.67 bits per heavy atom. The Hall–Kier alpha value is -1.09. The van der Waals surface area contributed by atoms with E-state index in [0.717, 1.165) is 31.6 Å². The molecule has 0 aliphatic rings. The predicted molar refractivity (Wildman–Crippen MR) is 74.4 cm³/mol. The van der Waals surface area contributed by atoms with Crippen LogP contribution in [-0.2, 0) is 0 Å². The summed E-state index contributed by atoms with van der Waals surface area (Å²) in [6.07, 6.45) is 1.88. The van der Waals surface area contributed by atoms with Gasteiger partial charge in [-0.05, 0) is 44.0 Å². The first-order valence-corrected chi connectivity index (χ1v) is 6.72. The van der Waals surface area contributed by atoms with Crippen molar-refractivity contribution in [2.24, 2.45) is 5.41 Å². The van der Waals surface area contributed by atoms with E-state index in [2.05, 4.69) is 25.7 Å². The van der Waals surface area contributed by atoms with E-state index in [1.807, 2.05) is 0 Å². The number of hydrogen-bond acceptors (Lipinski definition) is 2. The van der Waals surface area contributed by atoms with Gasteiger partial charge < -0.3 is 10.0 Å². The number of aliphatic hydroxyl groups is 1. The second kappa shape index (κ2) is 6.74. The lowest BCUT2D eigenvalue weighted by Crippen LogP contribution is -2.39. The Kier molecular flexibility index (Phi) is 5.60. The normalized spacial score (nSPS) is 11.6. The van der Waals surface area contributed by atoms with E-state index in [0.29, 0.717) is 0 Å². The molecule has 1 rings (SSSR count). The summed E-state index contributed by atoms with van der Waals surface area (Å²) >= 11 is 0. The van der Waals surface area contributed by atoms with Crippen LogP contribution in [0, 0.1) is 11.2 Å². The van der Waals surface area contributed by atoms with Crippen LogP contribution in [0.3, 0.4) is 0 Å². The zero-order valence-electron chi connectivity index (χ0n) is 11.6. The number of benzene rings is 1. The van der Waals surface area contributed by atoms with E-state index >= 15 is 0 Å². The van der Waals surface area contributed by atoms with Crippen LogP contribution in [0.15, 0.2) is 24.3 Å². The molecule has 0 bridgehead atoms. The Morgan fingerprint density at radius 3 is 2.06 bits per heavy atom. The second-order valence-electron chi connectivity index (χ2n) is 4.86. The number of aliphatic hydroxyl groups excluding tert-OH is 1. The van der Waals surface area contributed by atoms with Crippen molar-refractivity contribution in [2.75, 3.05) is 24.6 Å². The maximum Gasteiger partial charge on any atom is 0.123 e. The molecule has 0 fully saturated rings. The predicted octanol–water partition coefficient (Wildman–Crippen LogP) is 3.45. The largest absolute Gasteiger partial charge is 0.396 e. The molecular weight excluding hydrogens is 229 g/mol. The monoisotopic (exact) mass is 253 g/mol. The summed E-state index contributed by atoms with van der Waals surface area (Å²) < 4.78 is 12.9. The molecule has 18 heavy (non-hydrogen) atoms. The number of anilines is 1. The molecule has 1 aromatic carbocycles. The summed E-state index contributed by atoms with van der Waals surface area (Å²) in [4.78, 5) is 2.20. The molecule has 1 N–H and O–H groups in total. The van der Waals surface area contributed by atoms with Gasteiger partial charge in [0.15, 0.2) is 0 Å². The molecule has 102 valence electrons. The molecule has 0 aliphatic carbocycles. The Labute approximate surface area is 109 Å². The van der Waals surface area contributed by atoms with Gasteiger partial charge in [0.2, 0.25) is 0 Å². The van der Waals surface area contributed by atoms with Gasteiger partial charge in [0.05, 0.1) is 6.61 Å². The highest BCUT2D eigenvalue weighted by Crippen LogP contribution is 2.29. The van der Waals surface area contributed by atoms with Crippen molar-refractivity contribution in [3.63, 3.8) is 0 Å². The zero-order valence-corrected chi connectivity index (χ0v) is 11.6. The van der Waals surface area contributed by atoms with Gasteiger partial charge in [0.1, 0.15) is 5.82 Å². The van der Waals surface area contributed by atoms with Crippen LogP contribution in [0.2, 0.25) is 0 Å². The number of hydrogen-bond donors (Lipinski definition) is 1. The van der Waals surface area contributed by atoms with Crippen molar-refractivity contribution in [1.82, 2.24) is 0 Å². The molecule has 0 radical (unpaired) electrons. The maximum atomic E-state index is 12.9. The molecule has 0 aliphatic heterocycles. The van der Waals surface area contributed by atoms with Gasteiger partial charge in [0, 0.05) is 24.2 Å². The maximum absolute atomic E-state index is 12.9. The smallest absolute Gasteiger partial charge is 0.123 e. The summed E-state index contributed by atoms with van der Waals surface area (Å²) in [6.45, 7) is 8.15. The van der Waals surface area contributed by atoms with E-state index in [4.69, 9.17) is 0 Å². The average molecular weight is 253 g/mol. The molecule has 3 heteroatoms. The van der Waals surface area contributed by atoms with Crippen molar-refractivity contribution >= 4 is 5.69 Å². The lowest BCUT2D eigenvalue weighted by Gasteiger charge is -2.36. The fraction of sp³-hybridized carbons (Fsp3) is 0.600. The zero-order chi connectivity index (χ0) is 13.6. The summed E-state index contributed by atoms with van der Waals surface area (Å²) in [5, 5.41) is 9.63. The Bertz CT molecular complexity index is 338. The van der Waals surface area contributed by atoms with Crippen molar-refractivity contribution in [3.8, 4) is 0 Å². The third kappa shape index (κ3) is 3.45. The van der Waals surface area contributed by atoms with E-state index in [-0.39, 0.29) is 17.8 Å². The van der Waals surface area contributed by atoms with Crippen LogP contribution < -0.4 is 4.90 Å². The molecular formula is C15H24FNO. The number of halogens is 1. The van der Waals surface area contributed by atoms with Crippen LogP contribution in [0.1, 0.15) is 33.6 Å². The van der Waals surface area contributed by atoms with Crippen LogP contribution in [0.4, 0.5) is 10.1 Å². The molecule has 2 nitrogen and oxygen atoms in total. The molecule has 0 heterocycles. The van der Waals surface area contributed by atoms with E-state index in [1.165, 1.54) is 12.1 Å². The minimum atomic E-state index is -0.214. The minimum Gasteiger partial charge on any atom is -0.396 e. The highest BCUT2D eigenvalue weighted by Gasteiger charge is 2.27. The van der Waals surface area contributed by atoms with Gasteiger partial charge in [0.25, 0.3) is 0 Å². The molecule has 0 amide bonds. The fourth-order valence-electron chi connectivity index (χ4n) is 2.19. The standard InChI is InChI=1S/C15H24FNO/c1-4-15(5-2,12-18)11-17(6-3)14-9-7-13(16)8-10-14/h7-10,18H,4-6,11-12H2,1-3H3. The molecule has 1 aromatic rings. The minimum absolute atomic E-state index is 0.0651. The summed E-state index contributed by atoms with van der Waals surface area (Å²) in [7, 11) is 0. The first-order chi connectivity index (χ1) is 8.60. The van der Waals surface area contributed by atoms with Gasteiger partial charge in [-0.15, -0.1) is 0 Å². The highest BCUT2D eigenvalue weighted by molar-refractivity contribution is 5.46. The van der Waals surface area contributed by atoms with Crippen molar-refractivity contribution in [1.29, 1.82) is 0 Å². The van der Waals surface area contributed by atoms with Crippen LogP contribution in [0.5, 0.6) is 0 Å². The highest BCUT2D eigenvalue weighted by atomic mass is 19.1. The molecule has 0 saturated heterocycles. The van der Waals surface area contributed by atoms with Gasteiger partial charge in [-0.3, -0.25) is 0 Å². The summed E-state index contributed by atoms with van der Waals surface area (Å²) in [5.41, 5.74) is 0.948. The average Bonchev–Trinajstić information content (AvgIpc) is 2.42. The van der Waals surface area contributed by atoms with Gasteiger partial charge in [-0.2, -0.15) is 0 Å².